The highest BCUT2D eigenvalue weighted by Gasteiger charge is 2.17. The van der Waals surface area contributed by atoms with Crippen molar-refractivity contribution in [3.8, 4) is 5.69 Å². The lowest BCUT2D eigenvalue weighted by Crippen LogP contribution is -2.33. The zero-order valence-corrected chi connectivity index (χ0v) is 15.0. The third kappa shape index (κ3) is 3.16. The molecule has 0 aliphatic heterocycles. The smallest absolute Gasteiger partial charge is 0.268 e. The number of pyridine rings is 1. The van der Waals surface area contributed by atoms with E-state index in [2.05, 4.69) is 15.3 Å². The average Bonchev–Trinajstić information content (AvgIpc) is 3.11. The van der Waals surface area contributed by atoms with Gasteiger partial charge in [-0.05, 0) is 42.8 Å². The minimum absolute atomic E-state index is 0.0438. The zero-order valence-electron chi connectivity index (χ0n) is 15.0. The van der Waals surface area contributed by atoms with E-state index in [1.54, 1.807) is 44.0 Å². The van der Waals surface area contributed by atoms with Crippen molar-refractivity contribution >= 4 is 11.6 Å². The van der Waals surface area contributed by atoms with Gasteiger partial charge in [-0.2, -0.15) is 0 Å². The van der Waals surface area contributed by atoms with E-state index >= 15 is 0 Å². The number of imidazole rings is 1. The number of amides is 1. The molecule has 7 nitrogen and oxygen atoms in total. The van der Waals surface area contributed by atoms with Crippen molar-refractivity contribution in [2.24, 2.45) is 0 Å². The zero-order chi connectivity index (χ0) is 19.7. The number of nitrogens with zero attached hydrogens (tertiary/aromatic N) is 4. The second-order valence-corrected chi connectivity index (χ2v) is 6.26. The number of benzene rings is 1. The van der Waals surface area contributed by atoms with E-state index in [1.807, 2.05) is 4.40 Å². The first-order chi connectivity index (χ1) is 13.5. The summed E-state index contributed by atoms with van der Waals surface area (Å²) in [5.41, 5.74) is 2.05. The Bertz CT molecular complexity index is 1230. The van der Waals surface area contributed by atoms with Gasteiger partial charge in [0.25, 0.3) is 11.5 Å². The van der Waals surface area contributed by atoms with Gasteiger partial charge in [0.15, 0.2) is 5.65 Å². The van der Waals surface area contributed by atoms with Crippen LogP contribution in [-0.2, 0) is 6.54 Å². The molecule has 0 radical (unpaired) electrons. The molecule has 3 aromatic heterocycles. The minimum atomic E-state index is -0.483. The van der Waals surface area contributed by atoms with Crippen LogP contribution in [-0.4, -0.2) is 24.8 Å². The van der Waals surface area contributed by atoms with Crippen molar-refractivity contribution in [3.63, 3.8) is 0 Å². The Labute approximate surface area is 159 Å². The summed E-state index contributed by atoms with van der Waals surface area (Å²) in [5, 5.41) is 2.77. The third-order valence-corrected chi connectivity index (χ3v) is 4.46. The molecule has 4 aromatic rings. The number of carbonyl (C=O) groups excluding carboxylic acids is 1. The minimum Gasteiger partial charge on any atom is -0.346 e. The third-order valence-electron chi connectivity index (χ3n) is 4.46. The van der Waals surface area contributed by atoms with Crippen molar-refractivity contribution in [1.29, 1.82) is 0 Å². The molecular formula is C20H16FN5O2. The Kier molecular flexibility index (Phi) is 4.44. The van der Waals surface area contributed by atoms with Crippen LogP contribution in [0, 0.1) is 12.7 Å². The molecule has 1 N–H and O–H groups in total. The van der Waals surface area contributed by atoms with Gasteiger partial charge < -0.3 is 5.32 Å². The summed E-state index contributed by atoms with van der Waals surface area (Å²) in [6.07, 6.45) is 8.21. The van der Waals surface area contributed by atoms with Gasteiger partial charge in [-0.15, -0.1) is 0 Å². The number of hydrogen-bond donors (Lipinski definition) is 1. The Morgan fingerprint density at radius 3 is 2.71 bits per heavy atom. The predicted octanol–water partition coefficient (Wildman–Crippen LogP) is 2.26. The van der Waals surface area contributed by atoms with E-state index < -0.39 is 17.3 Å². The number of aryl methyl sites for hydroxylation is 1. The van der Waals surface area contributed by atoms with E-state index in [-0.39, 0.29) is 12.1 Å². The molecule has 1 aromatic carbocycles. The van der Waals surface area contributed by atoms with Crippen molar-refractivity contribution in [3.05, 3.63) is 94.3 Å². The van der Waals surface area contributed by atoms with Crippen LogP contribution in [0.15, 0.2) is 66.1 Å². The van der Waals surface area contributed by atoms with Crippen LogP contribution in [0.2, 0.25) is 0 Å². The number of hydrogen-bond acceptors (Lipinski definition) is 4. The number of halogens is 1. The molecule has 0 atom stereocenters. The average molecular weight is 377 g/mol. The largest absolute Gasteiger partial charge is 0.346 e. The number of rotatable bonds is 4. The topological polar surface area (TPSA) is 81.3 Å². The molecule has 0 aliphatic rings. The maximum absolute atomic E-state index is 13.2. The monoisotopic (exact) mass is 377 g/mol. The number of nitrogens with one attached hydrogen (secondary N) is 1. The summed E-state index contributed by atoms with van der Waals surface area (Å²) in [6.45, 7) is 1.90. The first kappa shape index (κ1) is 17.6. The van der Waals surface area contributed by atoms with E-state index in [1.165, 1.54) is 28.8 Å². The van der Waals surface area contributed by atoms with Crippen molar-refractivity contribution < 1.29 is 9.18 Å². The molecule has 0 saturated heterocycles. The Morgan fingerprint density at radius 1 is 1.14 bits per heavy atom. The molecule has 0 spiro atoms. The molecule has 28 heavy (non-hydrogen) atoms. The van der Waals surface area contributed by atoms with Gasteiger partial charge in [0.05, 0.1) is 24.6 Å². The summed E-state index contributed by atoms with van der Waals surface area (Å²) >= 11 is 0. The van der Waals surface area contributed by atoms with E-state index in [0.717, 1.165) is 5.69 Å². The highest BCUT2D eigenvalue weighted by molar-refractivity contribution is 5.95. The van der Waals surface area contributed by atoms with Gasteiger partial charge in [-0.25, -0.2) is 9.37 Å². The van der Waals surface area contributed by atoms with E-state index in [9.17, 15) is 14.0 Å². The van der Waals surface area contributed by atoms with Gasteiger partial charge in [0.2, 0.25) is 0 Å². The fraction of sp³-hybridized carbons (Fsp3) is 0.100. The molecule has 0 fully saturated rings. The second-order valence-electron chi connectivity index (χ2n) is 6.26. The van der Waals surface area contributed by atoms with Gasteiger partial charge in [-0.1, -0.05) is 0 Å². The summed E-state index contributed by atoms with van der Waals surface area (Å²) < 4.78 is 16.3. The molecule has 140 valence electrons. The highest BCUT2D eigenvalue weighted by Crippen LogP contribution is 2.10. The molecule has 1 amide bonds. The fourth-order valence-corrected chi connectivity index (χ4v) is 2.99. The molecule has 0 saturated carbocycles. The Hall–Kier alpha value is -3.81. The summed E-state index contributed by atoms with van der Waals surface area (Å²) in [5.74, 6) is -0.881. The van der Waals surface area contributed by atoms with Gasteiger partial charge in [-0.3, -0.25) is 23.5 Å². The van der Waals surface area contributed by atoms with Gasteiger partial charge in [0, 0.05) is 24.3 Å². The number of carbonyl (C=O) groups is 1. The van der Waals surface area contributed by atoms with Crippen molar-refractivity contribution in [1.82, 2.24) is 24.3 Å². The number of aromatic nitrogens is 4. The van der Waals surface area contributed by atoms with Crippen LogP contribution in [0.3, 0.4) is 0 Å². The first-order valence-corrected chi connectivity index (χ1v) is 8.57. The normalized spacial score (nSPS) is 10.9. The van der Waals surface area contributed by atoms with Crippen LogP contribution >= 0.6 is 0 Å². The molecular weight excluding hydrogens is 361 g/mol. The van der Waals surface area contributed by atoms with E-state index in [4.69, 9.17) is 0 Å². The molecule has 0 unspecified atom stereocenters. The fourth-order valence-electron chi connectivity index (χ4n) is 2.99. The molecule has 0 aliphatic carbocycles. The Morgan fingerprint density at radius 2 is 1.93 bits per heavy atom. The standard InChI is InChI=1S/C20H16FN5O2/c1-13-6-8-26(15-4-2-14(21)3-5-15)20(28)18(13)19(27)24-11-16-10-23-17-12-22-7-9-25(16)17/h2-10,12H,11H2,1H3,(H,24,27). The maximum atomic E-state index is 13.2. The van der Waals surface area contributed by atoms with Crippen LogP contribution < -0.4 is 10.9 Å². The number of fused-ring (bicyclic) bond motifs is 1. The van der Waals surface area contributed by atoms with Crippen LogP contribution in [0.5, 0.6) is 0 Å². The molecule has 3 heterocycles. The van der Waals surface area contributed by atoms with Crippen LogP contribution in [0.1, 0.15) is 21.6 Å². The Balaban J connectivity index is 1.63. The lowest BCUT2D eigenvalue weighted by atomic mass is 10.1. The van der Waals surface area contributed by atoms with Gasteiger partial charge in [0.1, 0.15) is 11.4 Å². The first-order valence-electron chi connectivity index (χ1n) is 8.57. The summed E-state index contributed by atoms with van der Waals surface area (Å²) in [6, 6.07) is 7.18. The lowest BCUT2D eigenvalue weighted by molar-refractivity contribution is 0.0948. The predicted molar refractivity (Wildman–Crippen MR) is 101 cm³/mol. The molecule has 0 bridgehead atoms. The van der Waals surface area contributed by atoms with Gasteiger partial charge >= 0.3 is 0 Å². The lowest BCUT2D eigenvalue weighted by Gasteiger charge is -2.11. The maximum Gasteiger partial charge on any atom is 0.268 e. The van der Waals surface area contributed by atoms with Crippen molar-refractivity contribution in [2.75, 3.05) is 0 Å². The van der Waals surface area contributed by atoms with Crippen molar-refractivity contribution in [2.45, 2.75) is 13.5 Å². The summed E-state index contributed by atoms with van der Waals surface area (Å²) in [7, 11) is 0. The molecule has 4 rings (SSSR count). The SMILES string of the molecule is Cc1ccn(-c2ccc(F)cc2)c(=O)c1C(=O)NCc1cnc2cnccn12. The summed E-state index contributed by atoms with van der Waals surface area (Å²) in [4.78, 5) is 33.8. The van der Waals surface area contributed by atoms with Crippen LogP contribution in [0.4, 0.5) is 4.39 Å². The van der Waals surface area contributed by atoms with Crippen LogP contribution in [0.25, 0.3) is 11.3 Å². The highest BCUT2D eigenvalue weighted by atomic mass is 19.1. The quantitative estimate of drug-likeness (QED) is 0.592. The second kappa shape index (κ2) is 7.07. The molecule has 8 heteroatoms. The van der Waals surface area contributed by atoms with E-state index in [0.29, 0.717) is 16.9 Å².